The Hall–Kier alpha value is -2.84. The Kier molecular flexibility index (Phi) is 7.55. The molecule has 7 nitrogen and oxygen atoms in total. The molecule has 3 fully saturated rings. The van der Waals surface area contributed by atoms with Crippen molar-refractivity contribution in [3.8, 4) is 0 Å². The monoisotopic (exact) mass is 550 g/mol. The molecule has 3 saturated heterocycles. The van der Waals surface area contributed by atoms with Gasteiger partial charge in [-0.3, -0.25) is 14.4 Å². The average Bonchev–Trinajstić information content (AvgIpc) is 3.51. The fraction of sp³-hybridized carbons (Fsp3) is 0.516. The predicted octanol–water partition coefficient (Wildman–Crippen LogP) is 4.28. The maximum atomic E-state index is 14.8. The molecular formula is C31H38N2O5S. The molecule has 39 heavy (non-hydrogen) atoms. The lowest BCUT2D eigenvalue weighted by molar-refractivity contribution is -0.154. The van der Waals surface area contributed by atoms with Gasteiger partial charge in [0, 0.05) is 17.5 Å². The second kappa shape index (κ2) is 10.6. The zero-order valence-electron chi connectivity index (χ0n) is 23.1. The van der Waals surface area contributed by atoms with Gasteiger partial charge in [-0.05, 0) is 48.1 Å². The first-order valence-electron chi connectivity index (χ1n) is 13.9. The van der Waals surface area contributed by atoms with E-state index in [1.807, 2.05) is 56.3 Å². The van der Waals surface area contributed by atoms with Gasteiger partial charge >= 0.3 is 5.97 Å². The molecule has 208 valence electrons. The molecule has 8 heteroatoms. The van der Waals surface area contributed by atoms with Crippen molar-refractivity contribution in [1.29, 1.82) is 0 Å². The summed E-state index contributed by atoms with van der Waals surface area (Å²) in [7, 11) is 0. The summed E-state index contributed by atoms with van der Waals surface area (Å²) in [5, 5.41) is 12.5. The number of thioether (sulfide) groups is 1. The van der Waals surface area contributed by atoms with Gasteiger partial charge in [0.15, 0.2) is 0 Å². The van der Waals surface area contributed by atoms with Crippen LogP contribution < -0.4 is 4.90 Å². The zero-order valence-corrected chi connectivity index (χ0v) is 23.9. The van der Waals surface area contributed by atoms with Gasteiger partial charge in [0.05, 0.1) is 35.8 Å². The average molecular weight is 551 g/mol. The van der Waals surface area contributed by atoms with Crippen LogP contribution in [0.3, 0.4) is 0 Å². The van der Waals surface area contributed by atoms with E-state index in [-0.39, 0.29) is 54.6 Å². The fourth-order valence-electron chi connectivity index (χ4n) is 7.17. The number of fused-ring (bicyclic) bond motifs is 2. The van der Waals surface area contributed by atoms with Crippen molar-refractivity contribution >= 4 is 46.0 Å². The molecule has 1 spiro atoms. The van der Waals surface area contributed by atoms with Crippen LogP contribution in [0.5, 0.6) is 0 Å². The maximum Gasteiger partial charge on any atom is 0.310 e. The van der Waals surface area contributed by atoms with Crippen molar-refractivity contribution in [2.75, 3.05) is 24.7 Å². The van der Waals surface area contributed by atoms with E-state index in [1.165, 1.54) is 0 Å². The van der Waals surface area contributed by atoms with Crippen LogP contribution in [-0.4, -0.2) is 69.6 Å². The molecule has 2 aromatic carbocycles. The first-order chi connectivity index (χ1) is 18.7. The van der Waals surface area contributed by atoms with Crippen molar-refractivity contribution in [3.05, 3.63) is 55.1 Å². The smallest absolute Gasteiger partial charge is 0.310 e. The van der Waals surface area contributed by atoms with Gasteiger partial charge in [-0.25, -0.2) is 0 Å². The summed E-state index contributed by atoms with van der Waals surface area (Å²) in [6.45, 7) is 11.9. The number of hydrogen-bond donors (Lipinski definition) is 1. The number of hydrogen-bond acceptors (Lipinski definition) is 6. The van der Waals surface area contributed by atoms with E-state index >= 15 is 0 Å². The van der Waals surface area contributed by atoms with Crippen LogP contribution in [0.4, 0.5) is 5.69 Å². The molecule has 2 bridgehead atoms. The molecule has 2 aromatic rings. The van der Waals surface area contributed by atoms with Crippen LogP contribution in [-0.2, 0) is 19.1 Å². The van der Waals surface area contributed by atoms with E-state index in [4.69, 9.17) is 4.74 Å². The van der Waals surface area contributed by atoms with Gasteiger partial charge in [-0.2, -0.15) is 0 Å². The zero-order chi connectivity index (χ0) is 28.1. The molecule has 7 atom stereocenters. The maximum absolute atomic E-state index is 14.8. The number of ether oxygens (including phenoxy) is 1. The summed E-state index contributed by atoms with van der Waals surface area (Å²) >= 11 is 1.62. The summed E-state index contributed by atoms with van der Waals surface area (Å²) in [5.74, 6) is -2.12. The van der Waals surface area contributed by atoms with Gasteiger partial charge in [0.25, 0.3) is 5.91 Å². The molecule has 0 aliphatic carbocycles. The molecule has 0 aromatic heterocycles. The largest absolute Gasteiger partial charge is 0.466 e. The third-order valence-corrected chi connectivity index (χ3v) is 11.0. The molecule has 3 aliphatic rings. The highest BCUT2D eigenvalue weighted by Gasteiger charge is 2.77. The number of nitrogens with zero attached hydrogens (tertiary/aromatic N) is 2. The quantitative estimate of drug-likeness (QED) is 0.371. The standard InChI is InChI=1S/C31H38N2O5S/c1-6-14-32(22-13-12-20-10-8-9-11-21(20)16-22)29(36)27-31-19(5)15-24(39-31)25(30(37)38-7-2)26(31)28(35)33(27)23(17-34)18(3)4/h6,8-13,16,18-19,23-27,34H,1,7,14-15,17H2,2-5H3/t19?,23-,24+,25-,26-,27?,31?/m0/s1. The van der Waals surface area contributed by atoms with Crippen molar-refractivity contribution in [2.45, 2.75) is 56.2 Å². The Morgan fingerprint density at radius 3 is 2.62 bits per heavy atom. The Bertz CT molecular complexity index is 1300. The second-order valence-corrected chi connectivity index (χ2v) is 12.9. The molecule has 3 heterocycles. The number of aliphatic hydroxyl groups excluding tert-OH is 1. The minimum Gasteiger partial charge on any atom is -0.466 e. The molecule has 3 aliphatic heterocycles. The van der Waals surface area contributed by atoms with Crippen molar-refractivity contribution in [1.82, 2.24) is 4.90 Å². The van der Waals surface area contributed by atoms with Crippen LogP contribution in [0.25, 0.3) is 10.8 Å². The highest BCUT2D eigenvalue weighted by molar-refractivity contribution is 8.02. The Labute approximate surface area is 234 Å². The number of carbonyl (C=O) groups is 3. The molecule has 5 rings (SSSR count). The third-order valence-electron chi connectivity index (χ3n) is 8.91. The number of anilines is 1. The lowest BCUT2D eigenvalue weighted by atomic mass is 9.66. The molecule has 3 unspecified atom stereocenters. The lowest BCUT2D eigenvalue weighted by Crippen LogP contribution is -2.60. The van der Waals surface area contributed by atoms with E-state index in [0.717, 1.165) is 22.9 Å². The van der Waals surface area contributed by atoms with Crippen molar-refractivity contribution < 1.29 is 24.2 Å². The van der Waals surface area contributed by atoms with Crippen LogP contribution in [0.2, 0.25) is 0 Å². The van der Waals surface area contributed by atoms with Gasteiger partial charge < -0.3 is 19.6 Å². The summed E-state index contributed by atoms with van der Waals surface area (Å²) in [6.07, 6.45) is 2.43. The van der Waals surface area contributed by atoms with E-state index in [9.17, 15) is 19.5 Å². The number of carbonyl (C=O) groups excluding carboxylic acids is 3. The van der Waals surface area contributed by atoms with E-state index in [0.29, 0.717) is 0 Å². The summed E-state index contributed by atoms with van der Waals surface area (Å²) < 4.78 is 4.66. The summed E-state index contributed by atoms with van der Waals surface area (Å²) in [6, 6.07) is 12.5. The first kappa shape index (κ1) is 27.7. The molecule has 1 N–H and O–H groups in total. The third kappa shape index (κ3) is 4.18. The Morgan fingerprint density at radius 2 is 1.97 bits per heavy atom. The topological polar surface area (TPSA) is 87.2 Å². The summed E-state index contributed by atoms with van der Waals surface area (Å²) in [4.78, 5) is 45.7. The number of benzene rings is 2. The van der Waals surface area contributed by atoms with Crippen LogP contribution >= 0.6 is 11.8 Å². The van der Waals surface area contributed by atoms with Crippen LogP contribution in [0, 0.1) is 23.7 Å². The SMILES string of the molecule is C=CCN(C(=O)C1N([C@@H](CO)C(C)C)C(=O)[C@@H]2[C@@H](C(=O)OCC)[C@H]3CC(C)C12S3)c1ccc2ccccc2c1. The minimum atomic E-state index is -0.828. The minimum absolute atomic E-state index is 0.0276. The van der Waals surface area contributed by atoms with Crippen LogP contribution in [0.15, 0.2) is 55.1 Å². The molecule has 0 saturated carbocycles. The lowest BCUT2D eigenvalue weighted by Gasteiger charge is -2.42. The van der Waals surface area contributed by atoms with Gasteiger partial charge in [0.2, 0.25) is 5.91 Å². The van der Waals surface area contributed by atoms with Gasteiger partial charge in [-0.15, -0.1) is 18.3 Å². The highest BCUT2D eigenvalue weighted by atomic mass is 32.2. The fourth-order valence-corrected chi connectivity index (χ4v) is 9.56. The number of esters is 1. The van der Waals surface area contributed by atoms with E-state index in [2.05, 4.69) is 13.5 Å². The number of amides is 2. The Morgan fingerprint density at radius 1 is 1.26 bits per heavy atom. The van der Waals surface area contributed by atoms with E-state index in [1.54, 1.807) is 34.6 Å². The van der Waals surface area contributed by atoms with Crippen molar-refractivity contribution in [3.63, 3.8) is 0 Å². The van der Waals surface area contributed by atoms with Crippen LogP contribution in [0.1, 0.15) is 34.1 Å². The van der Waals surface area contributed by atoms with Gasteiger partial charge in [-0.1, -0.05) is 57.2 Å². The molecule has 0 radical (unpaired) electrons. The number of likely N-dealkylation sites (tertiary alicyclic amines) is 1. The number of rotatable bonds is 9. The van der Waals surface area contributed by atoms with E-state index < -0.39 is 28.7 Å². The predicted molar refractivity (Wildman–Crippen MR) is 154 cm³/mol. The summed E-state index contributed by atoms with van der Waals surface area (Å²) in [5.41, 5.74) is 0.725. The Balaban J connectivity index is 1.65. The highest BCUT2D eigenvalue weighted by Crippen LogP contribution is 2.69. The van der Waals surface area contributed by atoms with Gasteiger partial charge in [0.1, 0.15) is 6.04 Å². The normalized spacial score (nSPS) is 30.1. The number of aliphatic hydroxyl groups is 1. The first-order valence-corrected chi connectivity index (χ1v) is 14.8. The van der Waals surface area contributed by atoms with Crippen molar-refractivity contribution in [2.24, 2.45) is 23.7 Å². The molecule has 2 amide bonds. The molecular weight excluding hydrogens is 512 g/mol. The second-order valence-electron chi connectivity index (χ2n) is 11.3.